The summed E-state index contributed by atoms with van der Waals surface area (Å²) in [7, 11) is 0. The number of nitrogens with one attached hydrogen (secondary N) is 1. The zero-order valence-electron chi connectivity index (χ0n) is 16.3. The molecule has 0 amide bonds. The maximum Gasteiger partial charge on any atom is 0.174 e. The number of hydrogen-bond donors (Lipinski definition) is 1. The Balaban J connectivity index is 1.60. The maximum atomic E-state index is 5.79. The monoisotopic (exact) mass is 411 g/mol. The molecule has 6 heteroatoms. The number of rotatable bonds is 5. The van der Waals surface area contributed by atoms with E-state index in [0.29, 0.717) is 11.7 Å². The standard InChI is InChI=1S/C24H21N5S/c30-24-27-22(20-12-5-7-15-26-20)23(29(24)19-10-2-1-3-11-19)21-13-8-16-28(21)17-18-9-4-6-14-25-18/h1-16,22-23H,17H2,(H,27,30)/t22-,23+/m0/s1. The minimum absolute atomic E-state index is 0.0338. The molecule has 0 spiro atoms. The highest BCUT2D eigenvalue weighted by Gasteiger charge is 2.41. The quantitative estimate of drug-likeness (QED) is 0.490. The van der Waals surface area contributed by atoms with Crippen LogP contribution in [-0.2, 0) is 6.54 Å². The van der Waals surface area contributed by atoms with E-state index in [1.807, 2.05) is 67.0 Å². The van der Waals surface area contributed by atoms with Gasteiger partial charge in [0.15, 0.2) is 5.11 Å². The molecule has 0 bridgehead atoms. The van der Waals surface area contributed by atoms with Crippen LogP contribution >= 0.6 is 12.2 Å². The van der Waals surface area contributed by atoms with Crippen LogP contribution in [0.5, 0.6) is 0 Å². The average Bonchev–Trinajstić information content (AvgIpc) is 3.39. The smallest absolute Gasteiger partial charge is 0.174 e. The van der Waals surface area contributed by atoms with Crippen molar-refractivity contribution in [2.75, 3.05) is 4.90 Å². The fourth-order valence-corrected chi connectivity index (χ4v) is 4.37. The van der Waals surface area contributed by atoms with Crippen molar-refractivity contribution >= 4 is 23.0 Å². The molecule has 3 aromatic heterocycles. The molecule has 5 rings (SSSR count). The molecule has 0 saturated carbocycles. The van der Waals surface area contributed by atoms with Gasteiger partial charge in [0.1, 0.15) is 6.04 Å². The van der Waals surface area contributed by atoms with Gasteiger partial charge in [-0.25, -0.2) is 0 Å². The maximum absolute atomic E-state index is 5.79. The van der Waals surface area contributed by atoms with E-state index in [0.717, 1.165) is 22.8 Å². The normalized spacial score (nSPS) is 18.4. The van der Waals surface area contributed by atoms with E-state index in [9.17, 15) is 0 Å². The van der Waals surface area contributed by atoms with Crippen LogP contribution in [-0.4, -0.2) is 19.6 Å². The van der Waals surface area contributed by atoms with Gasteiger partial charge in [-0.3, -0.25) is 9.97 Å². The van der Waals surface area contributed by atoms with Crippen LogP contribution in [0.4, 0.5) is 5.69 Å². The molecule has 1 N–H and O–H groups in total. The molecule has 4 aromatic rings. The Kier molecular flexibility index (Phi) is 4.99. The Morgan fingerprint density at radius 3 is 2.33 bits per heavy atom. The van der Waals surface area contributed by atoms with E-state index in [4.69, 9.17) is 12.2 Å². The van der Waals surface area contributed by atoms with Crippen LogP contribution in [0.25, 0.3) is 0 Å². The summed E-state index contributed by atoms with van der Waals surface area (Å²) in [5.74, 6) is 0. The fourth-order valence-electron chi connectivity index (χ4n) is 4.03. The van der Waals surface area contributed by atoms with Crippen molar-refractivity contribution < 1.29 is 0 Å². The van der Waals surface area contributed by atoms with Crippen molar-refractivity contribution in [1.82, 2.24) is 19.9 Å². The van der Waals surface area contributed by atoms with Gasteiger partial charge >= 0.3 is 0 Å². The van der Waals surface area contributed by atoms with E-state index in [-0.39, 0.29) is 12.1 Å². The van der Waals surface area contributed by atoms with Crippen molar-refractivity contribution in [2.45, 2.75) is 18.6 Å². The summed E-state index contributed by atoms with van der Waals surface area (Å²) in [5, 5.41) is 4.22. The third-order valence-corrected chi connectivity index (χ3v) is 5.67. The van der Waals surface area contributed by atoms with Gasteiger partial charge in [0.25, 0.3) is 0 Å². The van der Waals surface area contributed by atoms with Crippen LogP contribution in [0, 0.1) is 0 Å². The highest BCUT2D eigenvalue weighted by molar-refractivity contribution is 7.80. The summed E-state index contributed by atoms with van der Waals surface area (Å²) >= 11 is 5.79. The number of nitrogens with zero attached hydrogens (tertiary/aromatic N) is 4. The van der Waals surface area contributed by atoms with Crippen LogP contribution in [0.3, 0.4) is 0 Å². The number of hydrogen-bond acceptors (Lipinski definition) is 3. The molecule has 1 saturated heterocycles. The highest BCUT2D eigenvalue weighted by atomic mass is 32.1. The first kappa shape index (κ1) is 18.5. The molecule has 1 aliphatic heterocycles. The van der Waals surface area contributed by atoms with Crippen molar-refractivity contribution in [3.63, 3.8) is 0 Å². The minimum Gasteiger partial charge on any atom is -0.351 e. The highest BCUT2D eigenvalue weighted by Crippen LogP contribution is 2.41. The molecule has 2 atom stereocenters. The number of pyridine rings is 2. The zero-order valence-corrected chi connectivity index (χ0v) is 17.1. The second kappa shape index (κ2) is 8.08. The first-order valence-electron chi connectivity index (χ1n) is 9.92. The molecule has 5 nitrogen and oxygen atoms in total. The van der Waals surface area contributed by atoms with Gasteiger partial charge in [0, 0.05) is 30.0 Å². The fraction of sp³-hybridized carbons (Fsp3) is 0.125. The van der Waals surface area contributed by atoms with E-state index in [2.05, 4.69) is 55.2 Å². The van der Waals surface area contributed by atoms with Gasteiger partial charge in [-0.15, -0.1) is 0 Å². The Hall–Kier alpha value is -3.51. The van der Waals surface area contributed by atoms with Crippen LogP contribution in [0.15, 0.2) is 97.5 Å². The number of thiocarbonyl (C=S) groups is 1. The van der Waals surface area contributed by atoms with E-state index in [1.54, 1.807) is 0 Å². The van der Waals surface area contributed by atoms with Gasteiger partial charge in [-0.1, -0.05) is 30.3 Å². The van der Waals surface area contributed by atoms with Gasteiger partial charge in [0.05, 0.1) is 24.0 Å². The lowest BCUT2D eigenvalue weighted by Gasteiger charge is -2.29. The molecule has 0 aliphatic carbocycles. The van der Waals surface area contributed by atoms with Gasteiger partial charge in [-0.05, 0) is 60.7 Å². The third-order valence-electron chi connectivity index (χ3n) is 5.36. The lowest BCUT2D eigenvalue weighted by molar-refractivity contribution is 0.532. The molecule has 1 fully saturated rings. The minimum atomic E-state index is -0.0590. The second-order valence-corrected chi connectivity index (χ2v) is 7.60. The van der Waals surface area contributed by atoms with Gasteiger partial charge in [0.2, 0.25) is 0 Å². The van der Waals surface area contributed by atoms with Crippen molar-refractivity contribution in [1.29, 1.82) is 0 Å². The molecule has 4 heterocycles. The van der Waals surface area contributed by atoms with E-state index in [1.165, 1.54) is 0 Å². The molecule has 30 heavy (non-hydrogen) atoms. The summed E-state index contributed by atoms with van der Waals surface area (Å²) in [5.41, 5.74) is 4.20. The summed E-state index contributed by atoms with van der Waals surface area (Å²) in [6, 6.07) is 26.4. The lowest BCUT2D eigenvalue weighted by atomic mass is 10.0. The average molecular weight is 412 g/mol. The summed E-state index contributed by atoms with van der Waals surface area (Å²) in [6.07, 6.45) is 5.76. The van der Waals surface area contributed by atoms with Crippen LogP contribution in [0.2, 0.25) is 0 Å². The molecule has 0 unspecified atom stereocenters. The molecule has 148 valence electrons. The molecule has 0 radical (unpaired) electrons. The van der Waals surface area contributed by atoms with Crippen molar-refractivity contribution in [3.05, 3.63) is 115 Å². The second-order valence-electron chi connectivity index (χ2n) is 7.21. The first-order chi connectivity index (χ1) is 14.8. The van der Waals surface area contributed by atoms with Crippen LogP contribution in [0.1, 0.15) is 29.2 Å². The van der Waals surface area contributed by atoms with Gasteiger partial charge in [-0.2, -0.15) is 0 Å². The molecule has 1 aromatic carbocycles. The summed E-state index contributed by atoms with van der Waals surface area (Å²) in [4.78, 5) is 11.3. The Bertz CT molecular complexity index is 1130. The van der Waals surface area contributed by atoms with Crippen molar-refractivity contribution in [2.24, 2.45) is 0 Å². The Morgan fingerprint density at radius 2 is 1.60 bits per heavy atom. The molecular weight excluding hydrogens is 390 g/mol. The Morgan fingerprint density at radius 1 is 0.833 bits per heavy atom. The third kappa shape index (κ3) is 3.46. The Labute approximate surface area is 181 Å². The van der Waals surface area contributed by atoms with Crippen LogP contribution < -0.4 is 10.2 Å². The predicted octanol–water partition coefficient (Wildman–Crippen LogP) is 4.50. The topological polar surface area (TPSA) is 46.0 Å². The SMILES string of the molecule is S=C1N[C@@H](c2ccccn2)[C@@H](c2cccn2Cc2ccccn2)N1c1ccccc1. The number of anilines is 1. The lowest BCUT2D eigenvalue weighted by Crippen LogP contribution is -2.30. The molecule has 1 aliphatic rings. The largest absolute Gasteiger partial charge is 0.351 e. The number of para-hydroxylation sites is 1. The predicted molar refractivity (Wildman–Crippen MR) is 122 cm³/mol. The number of aromatic nitrogens is 3. The van der Waals surface area contributed by atoms with Gasteiger partial charge < -0.3 is 14.8 Å². The van der Waals surface area contributed by atoms with Crippen molar-refractivity contribution in [3.8, 4) is 0 Å². The number of benzene rings is 1. The zero-order chi connectivity index (χ0) is 20.3. The summed E-state index contributed by atoms with van der Waals surface area (Å²) in [6.45, 7) is 0.698. The molecular formula is C24H21N5S. The summed E-state index contributed by atoms with van der Waals surface area (Å²) < 4.78 is 2.24. The van der Waals surface area contributed by atoms with E-state index >= 15 is 0 Å². The first-order valence-corrected chi connectivity index (χ1v) is 10.3. The van der Waals surface area contributed by atoms with E-state index < -0.39 is 0 Å².